The van der Waals surface area contributed by atoms with Crippen LogP contribution in [0.1, 0.15) is 11.1 Å². The normalized spacial score (nSPS) is 14.3. The Balaban J connectivity index is 1.50. The topological polar surface area (TPSA) is 59.8 Å². The monoisotopic (exact) mass is 256 g/mol. The summed E-state index contributed by atoms with van der Waals surface area (Å²) < 4.78 is 1.71. The van der Waals surface area contributed by atoms with Crippen LogP contribution in [0.15, 0.2) is 36.7 Å². The van der Waals surface area contributed by atoms with Gasteiger partial charge in [-0.05, 0) is 24.0 Å². The molecule has 0 atom stereocenters. The molecule has 0 spiro atoms. The van der Waals surface area contributed by atoms with E-state index in [0.717, 1.165) is 12.8 Å². The summed E-state index contributed by atoms with van der Waals surface area (Å²) >= 11 is 0. The third-order valence-electron chi connectivity index (χ3n) is 3.53. The standard InChI is InChI=1S/C14H16N4O/c19-14(15-5-7-18-8-6-16-17-18)13-9-11-3-1-2-4-12(11)10-13/h1-4,6,8,13H,5,7,9-10H2,(H,15,19). The molecule has 19 heavy (non-hydrogen) atoms. The van der Waals surface area contributed by atoms with Gasteiger partial charge in [0.05, 0.1) is 12.7 Å². The Kier molecular flexibility index (Phi) is 3.27. The van der Waals surface area contributed by atoms with Crippen molar-refractivity contribution in [3.8, 4) is 0 Å². The molecule has 1 amide bonds. The van der Waals surface area contributed by atoms with Crippen molar-refractivity contribution in [3.05, 3.63) is 47.8 Å². The summed E-state index contributed by atoms with van der Waals surface area (Å²) in [6.45, 7) is 1.25. The van der Waals surface area contributed by atoms with E-state index in [-0.39, 0.29) is 11.8 Å². The molecule has 0 aliphatic heterocycles. The highest BCUT2D eigenvalue weighted by Crippen LogP contribution is 2.26. The fraction of sp³-hybridized carbons (Fsp3) is 0.357. The smallest absolute Gasteiger partial charge is 0.223 e. The zero-order chi connectivity index (χ0) is 13.1. The molecular weight excluding hydrogens is 240 g/mol. The Bertz CT molecular complexity index is 540. The Morgan fingerprint density at radius 3 is 2.68 bits per heavy atom. The summed E-state index contributed by atoms with van der Waals surface area (Å²) in [5, 5.41) is 10.6. The number of nitrogens with zero attached hydrogens (tertiary/aromatic N) is 3. The van der Waals surface area contributed by atoms with E-state index in [4.69, 9.17) is 0 Å². The Morgan fingerprint density at radius 1 is 1.32 bits per heavy atom. The van der Waals surface area contributed by atoms with Crippen molar-refractivity contribution in [2.75, 3.05) is 6.54 Å². The minimum atomic E-state index is 0.0770. The van der Waals surface area contributed by atoms with Gasteiger partial charge in [0.25, 0.3) is 0 Å². The van der Waals surface area contributed by atoms with Gasteiger partial charge in [-0.15, -0.1) is 5.10 Å². The largest absolute Gasteiger partial charge is 0.354 e. The minimum absolute atomic E-state index is 0.0770. The van der Waals surface area contributed by atoms with Crippen molar-refractivity contribution in [1.82, 2.24) is 20.3 Å². The van der Waals surface area contributed by atoms with Crippen LogP contribution in [0.4, 0.5) is 0 Å². The zero-order valence-electron chi connectivity index (χ0n) is 10.6. The van der Waals surface area contributed by atoms with Gasteiger partial charge in [-0.3, -0.25) is 9.48 Å². The lowest BCUT2D eigenvalue weighted by atomic mass is 10.1. The van der Waals surface area contributed by atoms with E-state index in [1.807, 2.05) is 12.1 Å². The summed E-state index contributed by atoms with van der Waals surface area (Å²) in [6, 6.07) is 8.28. The predicted octanol–water partition coefficient (Wildman–Crippen LogP) is 0.809. The van der Waals surface area contributed by atoms with Gasteiger partial charge in [-0.2, -0.15) is 0 Å². The van der Waals surface area contributed by atoms with Crippen LogP contribution in [-0.4, -0.2) is 27.4 Å². The molecule has 1 N–H and O–H groups in total. The third kappa shape index (κ3) is 2.65. The second-order valence-corrected chi connectivity index (χ2v) is 4.83. The van der Waals surface area contributed by atoms with E-state index in [1.54, 1.807) is 17.1 Å². The molecule has 0 radical (unpaired) electrons. The summed E-state index contributed by atoms with van der Waals surface area (Å²) in [4.78, 5) is 12.1. The number of fused-ring (bicyclic) bond motifs is 1. The molecular formula is C14H16N4O. The Hall–Kier alpha value is -2.17. The first-order chi connectivity index (χ1) is 9.33. The van der Waals surface area contributed by atoms with Crippen LogP contribution in [-0.2, 0) is 24.2 Å². The van der Waals surface area contributed by atoms with E-state index in [0.29, 0.717) is 13.1 Å². The van der Waals surface area contributed by atoms with E-state index >= 15 is 0 Å². The number of carbonyl (C=O) groups is 1. The molecule has 2 aromatic rings. The lowest BCUT2D eigenvalue weighted by Crippen LogP contribution is -2.33. The number of hydrogen-bond acceptors (Lipinski definition) is 3. The molecule has 1 aromatic carbocycles. The van der Waals surface area contributed by atoms with Gasteiger partial charge < -0.3 is 5.32 Å². The Morgan fingerprint density at radius 2 is 2.05 bits per heavy atom. The molecule has 0 saturated heterocycles. The van der Waals surface area contributed by atoms with Gasteiger partial charge in [0.15, 0.2) is 0 Å². The molecule has 5 heteroatoms. The van der Waals surface area contributed by atoms with E-state index in [1.165, 1.54) is 11.1 Å². The highest BCUT2D eigenvalue weighted by atomic mass is 16.1. The number of aromatic nitrogens is 3. The van der Waals surface area contributed by atoms with Crippen LogP contribution < -0.4 is 5.32 Å². The second kappa shape index (κ2) is 5.22. The van der Waals surface area contributed by atoms with Crippen LogP contribution in [0.25, 0.3) is 0 Å². The van der Waals surface area contributed by atoms with Crippen LogP contribution in [0, 0.1) is 5.92 Å². The lowest BCUT2D eigenvalue weighted by Gasteiger charge is -2.10. The Labute approximate surface area is 111 Å². The molecule has 0 fully saturated rings. The molecule has 3 rings (SSSR count). The van der Waals surface area contributed by atoms with Crippen molar-refractivity contribution < 1.29 is 4.79 Å². The molecule has 0 unspecified atom stereocenters. The molecule has 1 aromatic heterocycles. The number of amides is 1. The number of carbonyl (C=O) groups excluding carboxylic acids is 1. The van der Waals surface area contributed by atoms with Crippen molar-refractivity contribution in [2.45, 2.75) is 19.4 Å². The fourth-order valence-corrected chi connectivity index (χ4v) is 2.53. The van der Waals surface area contributed by atoms with Gasteiger partial charge >= 0.3 is 0 Å². The predicted molar refractivity (Wildman–Crippen MR) is 70.4 cm³/mol. The van der Waals surface area contributed by atoms with Gasteiger partial charge in [0, 0.05) is 18.7 Å². The van der Waals surface area contributed by atoms with Crippen molar-refractivity contribution in [3.63, 3.8) is 0 Å². The highest BCUT2D eigenvalue weighted by molar-refractivity contribution is 5.80. The maximum atomic E-state index is 12.1. The van der Waals surface area contributed by atoms with Crippen molar-refractivity contribution in [2.24, 2.45) is 5.92 Å². The zero-order valence-corrected chi connectivity index (χ0v) is 10.6. The molecule has 1 aliphatic carbocycles. The number of rotatable bonds is 4. The van der Waals surface area contributed by atoms with Gasteiger partial charge in [0.2, 0.25) is 5.91 Å². The van der Waals surface area contributed by atoms with Gasteiger partial charge in [0.1, 0.15) is 0 Å². The SMILES string of the molecule is O=C(NCCn1ccnn1)C1Cc2ccccc2C1. The average Bonchev–Trinajstić information content (AvgIpc) is 3.07. The molecule has 1 heterocycles. The molecule has 98 valence electrons. The number of nitrogens with one attached hydrogen (secondary N) is 1. The van der Waals surface area contributed by atoms with Crippen LogP contribution in [0.3, 0.4) is 0 Å². The molecule has 0 bridgehead atoms. The first-order valence-corrected chi connectivity index (χ1v) is 6.51. The fourth-order valence-electron chi connectivity index (χ4n) is 2.53. The average molecular weight is 256 g/mol. The molecule has 5 nitrogen and oxygen atoms in total. The van der Waals surface area contributed by atoms with Crippen LogP contribution >= 0.6 is 0 Å². The summed E-state index contributed by atoms with van der Waals surface area (Å²) in [5.41, 5.74) is 2.61. The highest BCUT2D eigenvalue weighted by Gasteiger charge is 2.26. The number of hydrogen-bond donors (Lipinski definition) is 1. The van der Waals surface area contributed by atoms with Crippen molar-refractivity contribution >= 4 is 5.91 Å². The lowest BCUT2D eigenvalue weighted by molar-refractivity contribution is -0.124. The maximum Gasteiger partial charge on any atom is 0.223 e. The minimum Gasteiger partial charge on any atom is -0.354 e. The van der Waals surface area contributed by atoms with E-state index < -0.39 is 0 Å². The van der Waals surface area contributed by atoms with Gasteiger partial charge in [-0.1, -0.05) is 29.5 Å². The summed E-state index contributed by atoms with van der Waals surface area (Å²) in [6.07, 6.45) is 5.13. The summed E-state index contributed by atoms with van der Waals surface area (Å²) in [7, 11) is 0. The van der Waals surface area contributed by atoms with E-state index in [9.17, 15) is 4.79 Å². The van der Waals surface area contributed by atoms with Crippen molar-refractivity contribution in [1.29, 1.82) is 0 Å². The number of benzene rings is 1. The molecule has 0 saturated carbocycles. The van der Waals surface area contributed by atoms with E-state index in [2.05, 4.69) is 27.8 Å². The molecule has 1 aliphatic rings. The third-order valence-corrected chi connectivity index (χ3v) is 3.53. The second-order valence-electron chi connectivity index (χ2n) is 4.83. The van der Waals surface area contributed by atoms with Crippen LogP contribution in [0.2, 0.25) is 0 Å². The first-order valence-electron chi connectivity index (χ1n) is 6.51. The summed E-state index contributed by atoms with van der Waals surface area (Å²) in [5.74, 6) is 0.212. The maximum absolute atomic E-state index is 12.1. The van der Waals surface area contributed by atoms with Gasteiger partial charge in [-0.25, -0.2) is 0 Å². The quantitative estimate of drug-likeness (QED) is 0.880. The first kappa shape index (κ1) is 11.9. The van der Waals surface area contributed by atoms with Crippen LogP contribution in [0.5, 0.6) is 0 Å².